The Labute approximate surface area is 84.5 Å². The van der Waals surface area contributed by atoms with Crippen LogP contribution in [0, 0.1) is 6.92 Å². The monoisotopic (exact) mass is 192 g/mol. The third kappa shape index (κ3) is 2.30. The molecule has 1 saturated heterocycles. The molecule has 1 aliphatic heterocycles. The maximum Gasteiger partial charge on any atom is 0.0738 e. The second kappa shape index (κ2) is 4.53. The maximum atomic E-state index is 5.77. The number of aryl methyl sites for hydroxylation is 1. The van der Waals surface area contributed by atoms with E-state index in [2.05, 4.69) is 16.4 Å². The molecule has 0 aromatic carbocycles. The normalized spacial score (nSPS) is 21.4. The van der Waals surface area contributed by atoms with Gasteiger partial charge in [-0.15, -0.1) is 0 Å². The molecule has 1 fully saturated rings. The lowest BCUT2D eigenvalue weighted by Crippen LogP contribution is -2.16. The second-order valence-corrected chi connectivity index (χ2v) is 3.67. The maximum absolute atomic E-state index is 5.77. The van der Waals surface area contributed by atoms with Gasteiger partial charge in [0.05, 0.1) is 12.7 Å². The van der Waals surface area contributed by atoms with Gasteiger partial charge in [-0.05, 0) is 31.5 Å². The largest absolute Gasteiger partial charge is 0.372 e. The van der Waals surface area contributed by atoms with E-state index in [0.29, 0.717) is 12.7 Å². The van der Waals surface area contributed by atoms with Crippen molar-refractivity contribution in [2.75, 3.05) is 13.1 Å². The fourth-order valence-electron chi connectivity index (χ4n) is 1.65. The highest BCUT2D eigenvalue weighted by molar-refractivity contribution is 5.17. The van der Waals surface area contributed by atoms with E-state index in [0.717, 1.165) is 25.2 Å². The number of ether oxygens (including phenoxy) is 1. The van der Waals surface area contributed by atoms with E-state index in [9.17, 15) is 0 Å². The van der Waals surface area contributed by atoms with Gasteiger partial charge in [0.2, 0.25) is 0 Å². The molecule has 1 aliphatic rings. The van der Waals surface area contributed by atoms with Gasteiger partial charge in [-0.25, -0.2) is 0 Å². The molecule has 0 saturated carbocycles. The predicted molar refractivity (Wildman–Crippen MR) is 55.0 cm³/mol. The smallest absolute Gasteiger partial charge is 0.0738 e. The molecule has 1 aromatic heterocycles. The van der Waals surface area contributed by atoms with Crippen molar-refractivity contribution in [1.29, 1.82) is 0 Å². The Balaban J connectivity index is 1.88. The Morgan fingerprint density at radius 3 is 3.29 bits per heavy atom. The molecule has 2 heterocycles. The van der Waals surface area contributed by atoms with Crippen LogP contribution in [-0.4, -0.2) is 24.2 Å². The lowest BCUT2D eigenvalue weighted by Gasteiger charge is -2.11. The Hall–Kier alpha value is -0.930. The van der Waals surface area contributed by atoms with Crippen molar-refractivity contribution in [2.24, 2.45) is 0 Å². The number of hydrogen-bond donors (Lipinski definition) is 1. The number of nitrogens with zero attached hydrogens (tertiary/aromatic N) is 1. The molecule has 0 amide bonds. The van der Waals surface area contributed by atoms with Crippen LogP contribution in [0.5, 0.6) is 0 Å². The molecule has 3 nitrogen and oxygen atoms in total. The Morgan fingerprint density at radius 2 is 2.57 bits per heavy atom. The molecule has 1 unspecified atom stereocenters. The molecule has 0 aliphatic carbocycles. The molecular weight excluding hydrogens is 176 g/mol. The van der Waals surface area contributed by atoms with E-state index in [-0.39, 0.29) is 0 Å². The van der Waals surface area contributed by atoms with Crippen LogP contribution in [-0.2, 0) is 11.3 Å². The van der Waals surface area contributed by atoms with Crippen molar-refractivity contribution in [3.63, 3.8) is 0 Å². The molecule has 0 spiro atoms. The van der Waals surface area contributed by atoms with Crippen LogP contribution in [0.15, 0.2) is 18.3 Å². The summed E-state index contributed by atoms with van der Waals surface area (Å²) in [5.74, 6) is 0. The van der Waals surface area contributed by atoms with E-state index in [1.807, 2.05) is 19.2 Å². The first-order chi connectivity index (χ1) is 6.86. The number of nitrogens with one attached hydrogen (secondary N) is 1. The molecule has 14 heavy (non-hydrogen) atoms. The average Bonchev–Trinajstić information content (AvgIpc) is 2.69. The zero-order chi connectivity index (χ0) is 9.80. The molecule has 3 heteroatoms. The van der Waals surface area contributed by atoms with Crippen LogP contribution in [0.4, 0.5) is 0 Å². The van der Waals surface area contributed by atoms with Gasteiger partial charge >= 0.3 is 0 Å². The van der Waals surface area contributed by atoms with Crippen molar-refractivity contribution >= 4 is 0 Å². The third-order valence-electron chi connectivity index (χ3n) is 2.61. The quantitative estimate of drug-likeness (QED) is 0.783. The van der Waals surface area contributed by atoms with Crippen LogP contribution in [0.25, 0.3) is 0 Å². The first-order valence-electron chi connectivity index (χ1n) is 5.09. The van der Waals surface area contributed by atoms with E-state index in [1.165, 1.54) is 5.56 Å². The fourth-order valence-corrected chi connectivity index (χ4v) is 1.65. The van der Waals surface area contributed by atoms with E-state index in [4.69, 9.17) is 4.74 Å². The van der Waals surface area contributed by atoms with Crippen molar-refractivity contribution in [3.05, 3.63) is 29.6 Å². The summed E-state index contributed by atoms with van der Waals surface area (Å²) in [6, 6.07) is 4.03. The minimum atomic E-state index is 0.384. The Bertz CT molecular complexity index is 295. The van der Waals surface area contributed by atoms with Gasteiger partial charge in [-0.2, -0.15) is 0 Å². The Kier molecular flexibility index (Phi) is 3.11. The number of rotatable bonds is 3. The van der Waals surface area contributed by atoms with Crippen molar-refractivity contribution in [3.8, 4) is 0 Å². The molecule has 0 radical (unpaired) electrons. The van der Waals surface area contributed by atoms with Gasteiger partial charge in [-0.3, -0.25) is 4.98 Å². The van der Waals surface area contributed by atoms with Crippen molar-refractivity contribution in [1.82, 2.24) is 10.3 Å². The lowest BCUT2D eigenvalue weighted by molar-refractivity contribution is 0.0537. The zero-order valence-electron chi connectivity index (χ0n) is 8.49. The molecule has 0 bridgehead atoms. The second-order valence-electron chi connectivity index (χ2n) is 3.67. The van der Waals surface area contributed by atoms with Crippen LogP contribution in [0.2, 0.25) is 0 Å². The summed E-state index contributed by atoms with van der Waals surface area (Å²) in [6.45, 7) is 4.77. The van der Waals surface area contributed by atoms with Crippen molar-refractivity contribution < 1.29 is 4.74 Å². The van der Waals surface area contributed by atoms with E-state index >= 15 is 0 Å². The molecule has 2 rings (SSSR count). The van der Waals surface area contributed by atoms with Gasteiger partial charge in [0.1, 0.15) is 0 Å². The van der Waals surface area contributed by atoms with Crippen LogP contribution < -0.4 is 5.32 Å². The van der Waals surface area contributed by atoms with E-state index in [1.54, 1.807) is 0 Å². The van der Waals surface area contributed by atoms with Crippen LogP contribution in [0.1, 0.15) is 17.7 Å². The SMILES string of the molecule is Cc1ncccc1COC1CCNC1. The molecule has 76 valence electrons. The van der Waals surface area contributed by atoms with Gasteiger partial charge in [0.15, 0.2) is 0 Å². The topological polar surface area (TPSA) is 34.1 Å². The first kappa shape index (κ1) is 9.62. The number of aromatic nitrogens is 1. The van der Waals surface area contributed by atoms with Crippen LogP contribution >= 0.6 is 0 Å². The minimum Gasteiger partial charge on any atom is -0.372 e. The highest BCUT2D eigenvalue weighted by atomic mass is 16.5. The minimum absolute atomic E-state index is 0.384. The van der Waals surface area contributed by atoms with Gasteiger partial charge in [-0.1, -0.05) is 6.07 Å². The predicted octanol–water partition coefficient (Wildman–Crippen LogP) is 1.27. The fraction of sp³-hybridized carbons (Fsp3) is 0.545. The van der Waals surface area contributed by atoms with Crippen LogP contribution in [0.3, 0.4) is 0 Å². The Morgan fingerprint density at radius 1 is 1.64 bits per heavy atom. The summed E-state index contributed by atoms with van der Waals surface area (Å²) in [7, 11) is 0. The molecule has 1 N–H and O–H groups in total. The summed E-state index contributed by atoms with van der Waals surface area (Å²) < 4.78 is 5.77. The molecular formula is C11H16N2O. The number of hydrogen-bond acceptors (Lipinski definition) is 3. The van der Waals surface area contributed by atoms with E-state index < -0.39 is 0 Å². The van der Waals surface area contributed by atoms with Gasteiger partial charge < -0.3 is 10.1 Å². The summed E-state index contributed by atoms with van der Waals surface area (Å²) in [5, 5.41) is 3.28. The summed E-state index contributed by atoms with van der Waals surface area (Å²) in [5.41, 5.74) is 2.26. The summed E-state index contributed by atoms with van der Waals surface area (Å²) in [4.78, 5) is 4.23. The zero-order valence-corrected chi connectivity index (χ0v) is 8.49. The highest BCUT2D eigenvalue weighted by Gasteiger charge is 2.14. The lowest BCUT2D eigenvalue weighted by atomic mass is 10.2. The van der Waals surface area contributed by atoms with Gasteiger partial charge in [0.25, 0.3) is 0 Å². The summed E-state index contributed by atoms with van der Waals surface area (Å²) in [6.07, 6.45) is 3.32. The van der Waals surface area contributed by atoms with Gasteiger partial charge in [0, 0.05) is 18.4 Å². The average molecular weight is 192 g/mol. The summed E-state index contributed by atoms with van der Waals surface area (Å²) >= 11 is 0. The van der Waals surface area contributed by atoms with Crippen molar-refractivity contribution in [2.45, 2.75) is 26.1 Å². The standard InChI is InChI=1S/C11H16N2O/c1-9-10(3-2-5-13-9)8-14-11-4-6-12-7-11/h2-3,5,11-12H,4,6-8H2,1H3. The third-order valence-corrected chi connectivity index (χ3v) is 2.61. The highest BCUT2D eigenvalue weighted by Crippen LogP contribution is 2.10. The molecule has 1 aromatic rings. The number of pyridine rings is 1. The molecule has 1 atom stereocenters. The first-order valence-corrected chi connectivity index (χ1v) is 5.09.